The molecule has 3 heterocycles. The van der Waals surface area contributed by atoms with Crippen LogP contribution in [-0.4, -0.2) is 53.8 Å². The first-order valence-corrected chi connectivity index (χ1v) is 8.76. The monoisotopic (exact) mass is 380 g/mol. The predicted octanol–water partition coefficient (Wildman–Crippen LogP) is 1.94. The minimum absolute atomic E-state index is 0.192. The largest absolute Gasteiger partial charge is 0.487 e. The number of aromatic nitrogens is 2. The van der Waals surface area contributed by atoms with Crippen LogP contribution in [0.15, 0.2) is 29.1 Å². The first kappa shape index (κ1) is 17.8. The van der Waals surface area contributed by atoms with E-state index in [1.807, 2.05) is 29.2 Å². The smallest absolute Gasteiger partial charge is 0.401 e. The van der Waals surface area contributed by atoms with Gasteiger partial charge in [-0.3, -0.25) is 14.7 Å². The van der Waals surface area contributed by atoms with Crippen molar-refractivity contribution in [2.45, 2.75) is 19.2 Å². The molecule has 144 valence electrons. The third-order valence-corrected chi connectivity index (χ3v) is 4.87. The van der Waals surface area contributed by atoms with Gasteiger partial charge in [0.2, 0.25) is 5.95 Å². The van der Waals surface area contributed by atoms with E-state index in [2.05, 4.69) is 9.97 Å². The molecule has 9 heteroatoms. The Morgan fingerprint density at radius 2 is 1.89 bits per heavy atom. The van der Waals surface area contributed by atoms with Crippen LogP contribution < -0.4 is 15.2 Å². The summed E-state index contributed by atoms with van der Waals surface area (Å²) in [5.74, 6) is 1.12. The number of ether oxygens (including phenoxy) is 1. The van der Waals surface area contributed by atoms with E-state index in [4.69, 9.17) is 4.74 Å². The van der Waals surface area contributed by atoms with Gasteiger partial charge in [0.05, 0.1) is 12.2 Å². The molecule has 0 amide bonds. The number of benzene rings is 1. The quantitative estimate of drug-likeness (QED) is 0.863. The molecule has 0 unspecified atom stereocenters. The van der Waals surface area contributed by atoms with E-state index in [1.165, 1.54) is 4.90 Å². The number of rotatable bonds is 2. The Labute approximate surface area is 153 Å². The zero-order valence-electron chi connectivity index (χ0n) is 14.6. The maximum atomic E-state index is 12.6. The topological polar surface area (TPSA) is 61.5 Å². The predicted molar refractivity (Wildman–Crippen MR) is 93.1 cm³/mol. The summed E-state index contributed by atoms with van der Waals surface area (Å²) >= 11 is 0. The molecule has 1 aromatic carbocycles. The number of H-pyrrole nitrogens is 1. The lowest BCUT2D eigenvalue weighted by Gasteiger charge is -2.35. The minimum atomic E-state index is -4.20. The van der Waals surface area contributed by atoms with Gasteiger partial charge < -0.3 is 9.64 Å². The molecule has 1 N–H and O–H groups in total. The van der Waals surface area contributed by atoms with Gasteiger partial charge >= 0.3 is 6.18 Å². The van der Waals surface area contributed by atoms with Gasteiger partial charge in [0.1, 0.15) is 12.4 Å². The molecule has 2 aromatic rings. The van der Waals surface area contributed by atoms with Crippen molar-refractivity contribution < 1.29 is 17.9 Å². The number of anilines is 1. The van der Waals surface area contributed by atoms with Crippen LogP contribution in [0.2, 0.25) is 0 Å². The van der Waals surface area contributed by atoms with Crippen LogP contribution in [-0.2, 0) is 13.0 Å². The van der Waals surface area contributed by atoms with E-state index in [0.717, 1.165) is 11.3 Å². The Morgan fingerprint density at radius 3 is 2.63 bits per heavy atom. The van der Waals surface area contributed by atoms with E-state index < -0.39 is 12.7 Å². The van der Waals surface area contributed by atoms with Crippen molar-refractivity contribution in [1.29, 1.82) is 0 Å². The van der Waals surface area contributed by atoms with Crippen LogP contribution in [0, 0.1) is 0 Å². The lowest BCUT2D eigenvalue weighted by Crippen LogP contribution is -2.50. The highest BCUT2D eigenvalue weighted by Crippen LogP contribution is 2.26. The summed E-state index contributed by atoms with van der Waals surface area (Å²) in [7, 11) is 0. The van der Waals surface area contributed by atoms with Crippen LogP contribution in [0.5, 0.6) is 5.75 Å². The molecular weight excluding hydrogens is 361 g/mol. The van der Waals surface area contributed by atoms with Crippen molar-refractivity contribution >= 4 is 5.95 Å². The summed E-state index contributed by atoms with van der Waals surface area (Å²) in [6, 6.07) is 7.54. The fourth-order valence-electron chi connectivity index (χ4n) is 3.48. The average molecular weight is 380 g/mol. The van der Waals surface area contributed by atoms with Gasteiger partial charge in [0.15, 0.2) is 0 Å². The second-order valence-corrected chi connectivity index (χ2v) is 6.77. The SMILES string of the molecule is O=c1[nH]c(N2CCN(CC(F)(F)F)CC2)nc2c1Cc1ccccc1OC2. The lowest BCUT2D eigenvalue weighted by atomic mass is 10.1. The molecule has 1 aromatic heterocycles. The van der Waals surface area contributed by atoms with Crippen LogP contribution in [0.3, 0.4) is 0 Å². The summed E-state index contributed by atoms with van der Waals surface area (Å²) in [5, 5.41) is 0. The van der Waals surface area contributed by atoms with E-state index in [9.17, 15) is 18.0 Å². The van der Waals surface area contributed by atoms with E-state index in [0.29, 0.717) is 36.7 Å². The number of hydrogen-bond acceptors (Lipinski definition) is 5. The number of nitrogens with zero attached hydrogens (tertiary/aromatic N) is 3. The van der Waals surface area contributed by atoms with Crippen LogP contribution >= 0.6 is 0 Å². The molecule has 0 radical (unpaired) electrons. The highest BCUT2D eigenvalue weighted by molar-refractivity contribution is 5.42. The number of para-hydroxylation sites is 1. The van der Waals surface area contributed by atoms with Crippen LogP contribution in [0.1, 0.15) is 16.8 Å². The second-order valence-electron chi connectivity index (χ2n) is 6.77. The number of aromatic amines is 1. The summed E-state index contributed by atoms with van der Waals surface area (Å²) < 4.78 is 43.3. The van der Waals surface area contributed by atoms with Crippen molar-refractivity contribution in [3.8, 4) is 5.75 Å². The molecule has 6 nitrogen and oxygen atoms in total. The summed E-state index contributed by atoms with van der Waals surface area (Å²) in [5.41, 5.74) is 1.84. The van der Waals surface area contributed by atoms with Crippen molar-refractivity contribution in [1.82, 2.24) is 14.9 Å². The Kier molecular flexibility index (Phi) is 4.55. The van der Waals surface area contributed by atoms with E-state index >= 15 is 0 Å². The highest BCUT2D eigenvalue weighted by atomic mass is 19.4. The third-order valence-electron chi connectivity index (χ3n) is 4.87. The Hall–Kier alpha value is -2.55. The first-order valence-electron chi connectivity index (χ1n) is 8.76. The molecule has 0 atom stereocenters. The summed E-state index contributed by atoms with van der Waals surface area (Å²) in [6.07, 6.45) is -3.77. The van der Waals surface area contributed by atoms with Gasteiger partial charge in [-0.2, -0.15) is 13.2 Å². The summed E-state index contributed by atoms with van der Waals surface area (Å²) in [6.45, 7) is 0.556. The molecule has 0 spiro atoms. The first-order chi connectivity index (χ1) is 12.9. The van der Waals surface area contributed by atoms with E-state index in [1.54, 1.807) is 0 Å². The third kappa shape index (κ3) is 3.92. The maximum Gasteiger partial charge on any atom is 0.401 e. The van der Waals surface area contributed by atoms with Crippen molar-refractivity contribution in [2.75, 3.05) is 37.6 Å². The van der Waals surface area contributed by atoms with Gasteiger partial charge in [0, 0.05) is 38.2 Å². The molecule has 2 aliphatic rings. The molecule has 0 bridgehead atoms. The number of piperazine rings is 1. The van der Waals surface area contributed by atoms with Gasteiger partial charge in [0.25, 0.3) is 5.56 Å². The number of hydrogen-bond donors (Lipinski definition) is 1. The number of nitrogens with one attached hydrogen (secondary N) is 1. The lowest BCUT2D eigenvalue weighted by molar-refractivity contribution is -0.146. The zero-order valence-corrected chi connectivity index (χ0v) is 14.6. The Morgan fingerprint density at radius 1 is 1.15 bits per heavy atom. The zero-order chi connectivity index (χ0) is 19.0. The van der Waals surface area contributed by atoms with Gasteiger partial charge in [-0.15, -0.1) is 0 Å². The van der Waals surface area contributed by atoms with Crippen molar-refractivity contribution in [2.24, 2.45) is 0 Å². The molecule has 2 aliphatic heterocycles. The summed E-state index contributed by atoms with van der Waals surface area (Å²) in [4.78, 5) is 23.1. The Bertz CT molecular complexity index is 889. The van der Waals surface area contributed by atoms with Gasteiger partial charge in [-0.1, -0.05) is 18.2 Å². The molecule has 0 aliphatic carbocycles. The van der Waals surface area contributed by atoms with Crippen LogP contribution in [0.25, 0.3) is 0 Å². The second kappa shape index (κ2) is 6.88. The fraction of sp³-hybridized carbons (Fsp3) is 0.444. The maximum absolute atomic E-state index is 12.6. The van der Waals surface area contributed by atoms with E-state index in [-0.39, 0.29) is 25.3 Å². The standard InChI is InChI=1S/C18H19F3N4O2/c19-18(20,21)11-24-5-7-25(8-6-24)17-22-14-10-27-15-4-2-1-3-12(15)9-13(14)16(26)23-17/h1-4H,5-11H2,(H,22,23,26). The van der Waals surface area contributed by atoms with Gasteiger partial charge in [-0.05, 0) is 11.6 Å². The van der Waals surface area contributed by atoms with Crippen molar-refractivity contribution in [3.63, 3.8) is 0 Å². The van der Waals surface area contributed by atoms with Crippen LogP contribution in [0.4, 0.5) is 19.1 Å². The minimum Gasteiger partial charge on any atom is -0.487 e. The normalized spacial score (nSPS) is 17.7. The molecule has 0 saturated carbocycles. The molecule has 4 rings (SSSR count). The molecule has 1 fully saturated rings. The average Bonchev–Trinajstić information content (AvgIpc) is 2.81. The number of halogens is 3. The number of alkyl halides is 3. The van der Waals surface area contributed by atoms with Crippen molar-refractivity contribution in [3.05, 3.63) is 51.4 Å². The molecule has 1 saturated heterocycles. The Balaban J connectivity index is 1.52. The highest BCUT2D eigenvalue weighted by Gasteiger charge is 2.32. The molecule has 27 heavy (non-hydrogen) atoms. The number of fused-ring (bicyclic) bond motifs is 2. The molecular formula is C18H19F3N4O2. The van der Waals surface area contributed by atoms with Gasteiger partial charge in [-0.25, -0.2) is 4.98 Å². The fourth-order valence-corrected chi connectivity index (χ4v) is 3.48.